The van der Waals surface area contributed by atoms with Gasteiger partial charge in [0, 0.05) is 6.54 Å². The molecule has 0 aliphatic heterocycles. The zero-order chi connectivity index (χ0) is 10.4. The third-order valence-corrected chi connectivity index (χ3v) is 2.87. The molecule has 0 aromatic carbocycles. The second kappa shape index (κ2) is 5.75. The van der Waals surface area contributed by atoms with Crippen LogP contribution in [0.3, 0.4) is 0 Å². The van der Waals surface area contributed by atoms with Gasteiger partial charge in [-0.05, 0) is 12.8 Å². The number of amides is 1. The number of unbranched alkanes of at least 4 members (excludes halogenated alkanes) is 1. The highest BCUT2D eigenvalue weighted by atomic mass is 32.1. The summed E-state index contributed by atoms with van der Waals surface area (Å²) in [5, 5.41) is 2.89. The number of nitrogens with one attached hydrogen (secondary N) is 1. The molecule has 0 saturated heterocycles. The first-order valence-corrected chi connectivity index (χ1v) is 5.88. The molecule has 0 aliphatic carbocycles. The molecule has 0 atom stereocenters. The van der Waals surface area contributed by atoms with Gasteiger partial charge in [-0.15, -0.1) is 11.3 Å². The van der Waals surface area contributed by atoms with Crippen LogP contribution in [0.5, 0.6) is 0 Å². The molecule has 0 bridgehead atoms. The maximum atomic E-state index is 11.6. The maximum Gasteiger partial charge on any atom is 0.263 e. The van der Waals surface area contributed by atoms with E-state index in [9.17, 15) is 4.79 Å². The van der Waals surface area contributed by atoms with Crippen LogP contribution in [0.2, 0.25) is 0 Å². The topological polar surface area (TPSA) is 42.0 Å². The lowest BCUT2D eigenvalue weighted by Gasteiger charge is -2.02. The molecule has 0 spiro atoms. The van der Waals surface area contributed by atoms with Crippen LogP contribution in [-0.2, 0) is 6.42 Å². The molecule has 1 amide bonds. The predicted molar refractivity (Wildman–Crippen MR) is 58.7 cm³/mol. The van der Waals surface area contributed by atoms with E-state index in [1.54, 1.807) is 5.51 Å². The third kappa shape index (κ3) is 2.80. The Morgan fingerprint density at radius 2 is 2.36 bits per heavy atom. The maximum absolute atomic E-state index is 11.6. The fraction of sp³-hybridized carbons (Fsp3) is 0.600. The van der Waals surface area contributed by atoms with Gasteiger partial charge in [-0.2, -0.15) is 0 Å². The zero-order valence-corrected chi connectivity index (χ0v) is 9.49. The van der Waals surface area contributed by atoms with Crippen LogP contribution in [0.25, 0.3) is 0 Å². The van der Waals surface area contributed by atoms with Gasteiger partial charge in [0.15, 0.2) is 0 Å². The van der Waals surface area contributed by atoms with E-state index in [1.807, 2.05) is 6.92 Å². The van der Waals surface area contributed by atoms with Gasteiger partial charge in [-0.3, -0.25) is 4.79 Å². The zero-order valence-electron chi connectivity index (χ0n) is 8.67. The van der Waals surface area contributed by atoms with Crippen LogP contribution < -0.4 is 5.32 Å². The van der Waals surface area contributed by atoms with E-state index in [0.29, 0.717) is 0 Å². The molecule has 1 aromatic rings. The number of hydrogen-bond acceptors (Lipinski definition) is 3. The quantitative estimate of drug-likeness (QED) is 0.760. The minimum absolute atomic E-state index is 0.0257. The summed E-state index contributed by atoms with van der Waals surface area (Å²) in [6.45, 7) is 4.88. The average Bonchev–Trinajstić information content (AvgIpc) is 2.65. The summed E-state index contributed by atoms with van der Waals surface area (Å²) in [6.07, 6.45) is 2.95. The molecule has 78 valence electrons. The van der Waals surface area contributed by atoms with Crippen molar-refractivity contribution in [3.05, 3.63) is 16.1 Å². The SMILES string of the molecule is CCCCNC(=O)c1scnc1CC. The lowest BCUT2D eigenvalue weighted by Crippen LogP contribution is -2.24. The first-order valence-electron chi connectivity index (χ1n) is 5.00. The van der Waals surface area contributed by atoms with Gasteiger partial charge >= 0.3 is 0 Å². The van der Waals surface area contributed by atoms with Gasteiger partial charge in [-0.1, -0.05) is 20.3 Å². The third-order valence-electron chi connectivity index (χ3n) is 2.00. The Morgan fingerprint density at radius 1 is 1.57 bits per heavy atom. The monoisotopic (exact) mass is 212 g/mol. The number of nitrogens with zero attached hydrogens (tertiary/aromatic N) is 1. The predicted octanol–water partition coefficient (Wildman–Crippen LogP) is 2.24. The van der Waals surface area contributed by atoms with E-state index in [0.717, 1.165) is 36.4 Å². The van der Waals surface area contributed by atoms with Crippen LogP contribution in [0.15, 0.2) is 5.51 Å². The van der Waals surface area contributed by atoms with Crippen molar-refractivity contribution in [3.63, 3.8) is 0 Å². The highest BCUT2D eigenvalue weighted by Crippen LogP contribution is 2.13. The normalized spacial score (nSPS) is 10.1. The smallest absolute Gasteiger partial charge is 0.263 e. The Bertz CT molecular complexity index is 296. The molecule has 14 heavy (non-hydrogen) atoms. The van der Waals surface area contributed by atoms with E-state index in [-0.39, 0.29) is 5.91 Å². The van der Waals surface area contributed by atoms with Gasteiger partial charge in [0.05, 0.1) is 11.2 Å². The highest BCUT2D eigenvalue weighted by Gasteiger charge is 2.11. The lowest BCUT2D eigenvalue weighted by molar-refractivity contribution is 0.0956. The van der Waals surface area contributed by atoms with Crippen molar-refractivity contribution in [1.29, 1.82) is 0 Å². The van der Waals surface area contributed by atoms with Crippen molar-refractivity contribution in [2.24, 2.45) is 0 Å². The standard InChI is InChI=1S/C10H16N2OS/c1-3-5-6-11-10(13)9-8(4-2)12-7-14-9/h7H,3-6H2,1-2H3,(H,11,13). The largest absolute Gasteiger partial charge is 0.351 e. The molecule has 0 saturated carbocycles. The summed E-state index contributed by atoms with van der Waals surface area (Å²) in [5.74, 6) is 0.0257. The van der Waals surface area contributed by atoms with Crippen molar-refractivity contribution < 1.29 is 4.79 Å². The summed E-state index contributed by atoms with van der Waals surface area (Å²) in [6, 6.07) is 0. The molecule has 4 heteroatoms. The van der Waals surface area contributed by atoms with Gasteiger partial charge in [0.25, 0.3) is 5.91 Å². The summed E-state index contributed by atoms with van der Waals surface area (Å²) >= 11 is 1.42. The van der Waals surface area contributed by atoms with Gasteiger partial charge < -0.3 is 5.32 Å². The van der Waals surface area contributed by atoms with E-state index in [4.69, 9.17) is 0 Å². The first-order chi connectivity index (χ1) is 6.79. The minimum Gasteiger partial charge on any atom is -0.351 e. The van der Waals surface area contributed by atoms with Crippen molar-refractivity contribution in [1.82, 2.24) is 10.3 Å². The Kier molecular flexibility index (Phi) is 4.59. The first kappa shape index (κ1) is 11.2. The van der Waals surface area contributed by atoms with E-state index >= 15 is 0 Å². The van der Waals surface area contributed by atoms with E-state index in [2.05, 4.69) is 17.2 Å². The van der Waals surface area contributed by atoms with Crippen molar-refractivity contribution >= 4 is 17.2 Å². The fourth-order valence-electron chi connectivity index (χ4n) is 1.16. The highest BCUT2D eigenvalue weighted by molar-refractivity contribution is 7.11. The molecular formula is C10H16N2OS. The molecule has 1 heterocycles. The Labute approximate surface area is 88.6 Å². The van der Waals surface area contributed by atoms with Gasteiger partial charge in [0.2, 0.25) is 0 Å². The number of aromatic nitrogens is 1. The summed E-state index contributed by atoms with van der Waals surface area (Å²) in [7, 11) is 0. The fourth-order valence-corrected chi connectivity index (χ4v) is 1.96. The minimum atomic E-state index is 0.0257. The molecule has 0 unspecified atom stereocenters. The number of carbonyl (C=O) groups is 1. The van der Waals surface area contributed by atoms with Crippen LogP contribution in [0.1, 0.15) is 42.1 Å². The molecule has 3 nitrogen and oxygen atoms in total. The number of thiazole rings is 1. The molecule has 1 aromatic heterocycles. The van der Waals surface area contributed by atoms with Crippen LogP contribution in [0.4, 0.5) is 0 Å². The number of hydrogen-bond donors (Lipinski definition) is 1. The second-order valence-corrected chi connectivity index (χ2v) is 3.95. The molecule has 1 N–H and O–H groups in total. The summed E-state index contributed by atoms with van der Waals surface area (Å²) < 4.78 is 0. The van der Waals surface area contributed by atoms with E-state index < -0.39 is 0 Å². The Morgan fingerprint density at radius 3 is 3.00 bits per heavy atom. The van der Waals surface area contributed by atoms with Crippen LogP contribution in [-0.4, -0.2) is 17.4 Å². The molecule has 0 radical (unpaired) electrons. The number of aryl methyl sites for hydroxylation is 1. The second-order valence-electron chi connectivity index (χ2n) is 3.09. The molecule has 0 aliphatic rings. The molecule has 1 rings (SSSR count). The summed E-state index contributed by atoms with van der Waals surface area (Å²) in [4.78, 5) is 16.5. The lowest BCUT2D eigenvalue weighted by atomic mass is 10.3. The van der Waals surface area contributed by atoms with Crippen molar-refractivity contribution in [2.75, 3.05) is 6.54 Å². The van der Waals surface area contributed by atoms with Crippen LogP contribution >= 0.6 is 11.3 Å². The number of rotatable bonds is 5. The van der Waals surface area contributed by atoms with Crippen LogP contribution in [0, 0.1) is 0 Å². The average molecular weight is 212 g/mol. The van der Waals surface area contributed by atoms with Crippen molar-refractivity contribution in [2.45, 2.75) is 33.1 Å². The number of carbonyl (C=O) groups excluding carboxylic acids is 1. The molecular weight excluding hydrogens is 196 g/mol. The van der Waals surface area contributed by atoms with E-state index in [1.165, 1.54) is 11.3 Å². The Hall–Kier alpha value is -0.900. The molecule has 0 fully saturated rings. The van der Waals surface area contributed by atoms with Gasteiger partial charge in [-0.25, -0.2) is 4.98 Å². The van der Waals surface area contributed by atoms with Gasteiger partial charge in [0.1, 0.15) is 4.88 Å². The Balaban J connectivity index is 2.51. The van der Waals surface area contributed by atoms with Crippen molar-refractivity contribution in [3.8, 4) is 0 Å². The summed E-state index contributed by atoms with van der Waals surface area (Å²) in [5.41, 5.74) is 2.64.